The molecule has 0 bridgehead atoms. The lowest BCUT2D eigenvalue weighted by Crippen LogP contribution is -2.37. The molecule has 1 aromatic carbocycles. The molecule has 2 aliphatic heterocycles. The molecule has 22 heavy (non-hydrogen) atoms. The first-order chi connectivity index (χ1) is 10.7. The van der Waals surface area contributed by atoms with E-state index in [1.807, 2.05) is 4.90 Å². The highest BCUT2D eigenvalue weighted by molar-refractivity contribution is 5.90. The highest BCUT2D eigenvalue weighted by Gasteiger charge is 2.32. The van der Waals surface area contributed by atoms with Crippen LogP contribution in [-0.4, -0.2) is 51.6 Å². The van der Waals surface area contributed by atoms with Crippen molar-refractivity contribution in [1.82, 2.24) is 5.43 Å². The van der Waals surface area contributed by atoms with Crippen LogP contribution in [0.4, 0.5) is 20.6 Å². The van der Waals surface area contributed by atoms with Crippen molar-refractivity contribution in [1.29, 1.82) is 0 Å². The van der Waals surface area contributed by atoms with Crippen molar-refractivity contribution in [3.63, 3.8) is 0 Å². The highest BCUT2D eigenvalue weighted by Crippen LogP contribution is 2.28. The van der Waals surface area contributed by atoms with Crippen molar-refractivity contribution in [2.45, 2.75) is 6.10 Å². The second kappa shape index (κ2) is 6.47. The Morgan fingerprint density at radius 2 is 2.14 bits per heavy atom. The van der Waals surface area contributed by atoms with Crippen LogP contribution in [0.5, 0.6) is 0 Å². The maximum Gasteiger partial charge on any atom is 0.414 e. The Balaban J connectivity index is 1.75. The molecular weight excluding hydrogens is 291 g/mol. The van der Waals surface area contributed by atoms with Gasteiger partial charge in [-0.15, -0.1) is 0 Å². The van der Waals surface area contributed by atoms with E-state index in [1.165, 1.54) is 11.0 Å². The SMILES string of the molecule is NNC[C@H]1CN(c2ccc(N3CCOCC3)c(F)c2)C(=O)O1. The number of hydrogen-bond donors (Lipinski definition) is 2. The predicted molar refractivity (Wildman–Crippen MR) is 79.2 cm³/mol. The van der Waals surface area contributed by atoms with Gasteiger partial charge in [0.25, 0.3) is 0 Å². The van der Waals surface area contributed by atoms with Crippen LogP contribution in [0.2, 0.25) is 0 Å². The molecule has 3 N–H and O–H groups in total. The molecule has 0 saturated carbocycles. The molecule has 1 atom stereocenters. The maximum absolute atomic E-state index is 14.4. The summed E-state index contributed by atoms with van der Waals surface area (Å²) in [6, 6.07) is 4.79. The van der Waals surface area contributed by atoms with Gasteiger partial charge in [-0.2, -0.15) is 0 Å². The lowest BCUT2D eigenvalue weighted by molar-refractivity contribution is 0.122. The molecule has 8 heteroatoms. The average molecular weight is 310 g/mol. The van der Waals surface area contributed by atoms with Crippen molar-refractivity contribution in [2.24, 2.45) is 5.84 Å². The van der Waals surface area contributed by atoms with Crippen LogP contribution in [-0.2, 0) is 9.47 Å². The van der Waals surface area contributed by atoms with Gasteiger partial charge in [-0.1, -0.05) is 0 Å². The Bertz CT molecular complexity index is 551. The number of halogens is 1. The lowest BCUT2D eigenvalue weighted by atomic mass is 10.2. The van der Waals surface area contributed by atoms with Crippen LogP contribution in [0.1, 0.15) is 0 Å². The minimum absolute atomic E-state index is 0.334. The van der Waals surface area contributed by atoms with E-state index in [0.717, 1.165) is 0 Å². The number of amides is 1. The zero-order valence-corrected chi connectivity index (χ0v) is 12.1. The van der Waals surface area contributed by atoms with Gasteiger partial charge in [-0.05, 0) is 18.2 Å². The van der Waals surface area contributed by atoms with Gasteiger partial charge in [0.2, 0.25) is 0 Å². The molecule has 2 saturated heterocycles. The fourth-order valence-corrected chi connectivity index (χ4v) is 2.69. The van der Waals surface area contributed by atoms with E-state index >= 15 is 0 Å². The number of rotatable bonds is 4. The number of benzene rings is 1. The van der Waals surface area contributed by atoms with Gasteiger partial charge in [-0.3, -0.25) is 16.2 Å². The molecule has 0 aliphatic carbocycles. The van der Waals surface area contributed by atoms with Crippen molar-refractivity contribution < 1.29 is 18.7 Å². The fourth-order valence-electron chi connectivity index (χ4n) is 2.69. The molecule has 1 aromatic rings. The number of nitrogens with two attached hydrogens (primary N) is 1. The number of morpholine rings is 1. The van der Waals surface area contributed by atoms with Gasteiger partial charge in [0.05, 0.1) is 31.1 Å². The third kappa shape index (κ3) is 2.99. The fraction of sp³-hybridized carbons (Fsp3) is 0.500. The standard InChI is InChI=1S/C14H19FN4O3/c15-12-7-10(19-9-11(8-17-16)22-14(19)20)1-2-13(12)18-3-5-21-6-4-18/h1-2,7,11,17H,3-6,8-9,16H2/t11-/m0/s1. The zero-order valence-electron chi connectivity index (χ0n) is 12.1. The van der Waals surface area contributed by atoms with Crippen molar-refractivity contribution in [3.05, 3.63) is 24.0 Å². The van der Waals surface area contributed by atoms with Gasteiger partial charge in [0.1, 0.15) is 11.9 Å². The van der Waals surface area contributed by atoms with E-state index < -0.39 is 6.09 Å². The molecule has 2 aliphatic rings. The number of carbonyl (C=O) groups excluding carboxylic acids is 1. The van der Waals surface area contributed by atoms with Crippen molar-refractivity contribution >= 4 is 17.5 Å². The van der Waals surface area contributed by atoms with Crippen LogP contribution in [0, 0.1) is 5.82 Å². The highest BCUT2D eigenvalue weighted by atomic mass is 19.1. The van der Waals surface area contributed by atoms with Crippen LogP contribution in [0.3, 0.4) is 0 Å². The second-order valence-corrected chi connectivity index (χ2v) is 5.26. The molecule has 3 rings (SSSR count). The van der Waals surface area contributed by atoms with E-state index in [2.05, 4.69) is 5.43 Å². The summed E-state index contributed by atoms with van der Waals surface area (Å²) < 4.78 is 24.8. The summed E-state index contributed by atoms with van der Waals surface area (Å²) in [5, 5.41) is 0. The Hall–Kier alpha value is -1.90. The van der Waals surface area contributed by atoms with E-state index in [4.69, 9.17) is 15.3 Å². The number of anilines is 2. The third-order valence-electron chi connectivity index (χ3n) is 3.81. The molecule has 0 unspecified atom stereocenters. The van der Waals surface area contributed by atoms with Crippen molar-refractivity contribution in [3.8, 4) is 0 Å². The topological polar surface area (TPSA) is 80.1 Å². The average Bonchev–Trinajstić information content (AvgIpc) is 2.89. The minimum atomic E-state index is -0.487. The smallest absolute Gasteiger partial charge is 0.414 e. The first-order valence-electron chi connectivity index (χ1n) is 7.23. The normalized spacial score (nSPS) is 22.1. The Morgan fingerprint density at radius 1 is 1.36 bits per heavy atom. The number of hydrazine groups is 1. The molecule has 0 radical (unpaired) electrons. The lowest BCUT2D eigenvalue weighted by Gasteiger charge is -2.29. The third-order valence-corrected chi connectivity index (χ3v) is 3.81. The molecule has 1 amide bonds. The number of carbonyl (C=O) groups is 1. The number of nitrogens with one attached hydrogen (secondary N) is 1. The summed E-state index contributed by atoms with van der Waals surface area (Å²) in [6.07, 6.45) is -0.821. The Labute approximate surface area is 127 Å². The predicted octanol–water partition coefficient (Wildman–Crippen LogP) is 0.451. The van der Waals surface area contributed by atoms with Gasteiger partial charge in [-0.25, -0.2) is 9.18 Å². The first kappa shape index (κ1) is 15.0. The van der Waals surface area contributed by atoms with E-state index in [0.29, 0.717) is 50.8 Å². The molecule has 0 spiro atoms. The summed E-state index contributed by atoms with van der Waals surface area (Å²) in [7, 11) is 0. The summed E-state index contributed by atoms with van der Waals surface area (Å²) in [6.45, 7) is 3.20. The van der Waals surface area contributed by atoms with Gasteiger partial charge in [0.15, 0.2) is 0 Å². The maximum atomic E-state index is 14.4. The molecule has 0 aromatic heterocycles. The Kier molecular flexibility index (Phi) is 4.41. The molecule has 2 fully saturated rings. The van der Waals surface area contributed by atoms with Crippen LogP contribution < -0.4 is 21.1 Å². The zero-order chi connectivity index (χ0) is 15.5. The van der Waals surface area contributed by atoms with Gasteiger partial charge in [0, 0.05) is 19.6 Å². The molecule has 120 valence electrons. The summed E-state index contributed by atoms with van der Waals surface area (Å²) in [4.78, 5) is 15.2. The minimum Gasteiger partial charge on any atom is -0.443 e. The molecular formula is C14H19FN4O3. The number of hydrogen-bond acceptors (Lipinski definition) is 6. The van der Waals surface area contributed by atoms with Crippen LogP contribution >= 0.6 is 0 Å². The van der Waals surface area contributed by atoms with Gasteiger partial charge >= 0.3 is 6.09 Å². The number of cyclic esters (lactones) is 1. The largest absolute Gasteiger partial charge is 0.443 e. The van der Waals surface area contributed by atoms with E-state index in [-0.39, 0.29) is 11.9 Å². The second-order valence-electron chi connectivity index (χ2n) is 5.26. The monoisotopic (exact) mass is 310 g/mol. The number of nitrogens with zero attached hydrogens (tertiary/aromatic N) is 2. The quantitative estimate of drug-likeness (QED) is 0.621. The summed E-state index contributed by atoms with van der Waals surface area (Å²) >= 11 is 0. The van der Waals surface area contributed by atoms with Crippen LogP contribution in [0.25, 0.3) is 0 Å². The van der Waals surface area contributed by atoms with Crippen molar-refractivity contribution in [2.75, 3.05) is 49.2 Å². The molecule has 7 nitrogen and oxygen atoms in total. The molecule has 2 heterocycles. The first-order valence-corrected chi connectivity index (χ1v) is 7.23. The summed E-state index contributed by atoms with van der Waals surface area (Å²) in [5.74, 6) is 4.87. The summed E-state index contributed by atoms with van der Waals surface area (Å²) in [5.41, 5.74) is 3.48. The number of ether oxygens (including phenoxy) is 2. The Morgan fingerprint density at radius 3 is 2.82 bits per heavy atom. The van der Waals surface area contributed by atoms with Crippen LogP contribution in [0.15, 0.2) is 18.2 Å². The van der Waals surface area contributed by atoms with E-state index in [1.54, 1.807) is 12.1 Å². The van der Waals surface area contributed by atoms with E-state index in [9.17, 15) is 9.18 Å². The van der Waals surface area contributed by atoms with Gasteiger partial charge < -0.3 is 14.4 Å².